The first-order chi connectivity index (χ1) is 20.7. The average molecular weight is 599 g/mol. The summed E-state index contributed by atoms with van der Waals surface area (Å²) in [4.78, 5) is 47.6. The molecule has 0 aliphatic heterocycles. The van der Waals surface area contributed by atoms with Gasteiger partial charge in [-0.1, -0.05) is 17.7 Å². The van der Waals surface area contributed by atoms with Crippen molar-refractivity contribution in [3.63, 3.8) is 0 Å². The zero-order valence-corrected chi connectivity index (χ0v) is 23.3. The van der Waals surface area contributed by atoms with E-state index in [0.29, 0.717) is 27.4 Å². The van der Waals surface area contributed by atoms with Gasteiger partial charge in [0.1, 0.15) is 0 Å². The van der Waals surface area contributed by atoms with Gasteiger partial charge in [-0.15, -0.1) is 0 Å². The van der Waals surface area contributed by atoms with Crippen molar-refractivity contribution in [3.05, 3.63) is 134 Å². The van der Waals surface area contributed by atoms with Crippen LogP contribution in [0, 0.1) is 10.1 Å². The minimum Gasteiger partial charge on any atom is -0.493 e. The van der Waals surface area contributed by atoms with Gasteiger partial charge < -0.3 is 14.8 Å². The van der Waals surface area contributed by atoms with Gasteiger partial charge in [0.25, 0.3) is 17.5 Å². The lowest BCUT2D eigenvalue weighted by Crippen LogP contribution is -2.18. The summed E-state index contributed by atoms with van der Waals surface area (Å²) in [6.45, 7) is 0. The Morgan fingerprint density at radius 1 is 0.860 bits per heavy atom. The fraction of sp³-hybridized carbons (Fsp3) is 0.0323. The highest BCUT2D eigenvalue weighted by Gasteiger charge is 2.11. The molecule has 0 aromatic heterocycles. The summed E-state index contributed by atoms with van der Waals surface area (Å²) in [5, 5.41) is 18.0. The van der Waals surface area contributed by atoms with Crippen molar-refractivity contribution in [3.8, 4) is 11.5 Å². The number of anilines is 1. The predicted molar refractivity (Wildman–Crippen MR) is 162 cm³/mol. The lowest BCUT2D eigenvalue weighted by molar-refractivity contribution is -0.384. The van der Waals surface area contributed by atoms with Crippen molar-refractivity contribution in [2.24, 2.45) is 5.10 Å². The van der Waals surface area contributed by atoms with E-state index in [9.17, 15) is 24.5 Å². The summed E-state index contributed by atoms with van der Waals surface area (Å²) in [5.41, 5.74) is 4.60. The number of amides is 2. The summed E-state index contributed by atoms with van der Waals surface area (Å²) >= 11 is 5.86. The summed E-state index contributed by atoms with van der Waals surface area (Å²) in [6.07, 6.45) is 4.03. The third-order valence-electron chi connectivity index (χ3n) is 5.78. The molecule has 2 amide bonds. The van der Waals surface area contributed by atoms with E-state index in [1.54, 1.807) is 54.6 Å². The van der Waals surface area contributed by atoms with Crippen LogP contribution in [0.1, 0.15) is 31.8 Å². The smallest absolute Gasteiger partial charge is 0.336 e. The standard InChI is InChI=1S/C31H23ClN4O7/c1-42-28-17-21(7-15-27(28)43-29(37)16-8-20-5-13-26(14-6-20)36(40)41)19-33-35-31(39)23-3-2-4-25(18-23)34-30(38)22-9-11-24(32)12-10-22/h2-19H,1H3,(H,34,38)(H,35,39)/b16-8+,33-19?. The van der Waals surface area contributed by atoms with Crippen LogP contribution in [0.15, 0.2) is 102 Å². The molecule has 11 nitrogen and oxygen atoms in total. The number of halogens is 1. The second-order valence-corrected chi connectivity index (χ2v) is 9.19. The molecule has 0 radical (unpaired) electrons. The minimum atomic E-state index is -0.683. The molecular weight excluding hydrogens is 576 g/mol. The van der Waals surface area contributed by atoms with Crippen LogP contribution in [-0.2, 0) is 4.79 Å². The number of esters is 1. The number of nitro benzene ring substituents is 1. The molecule has 0 saturated heterocycles. The highest BCUT2D eigenvalue weighted by atomic mass is 35.5. The zero-order chi connectivity index (χ0) is 30.8. The second kappa shape index (κ2) is 14.2. The number of rotatable bonds is 10. The molecular formula is C31H23ClN4O7. The maximum absolute atomic E-state index is 12.6. The van der Waals surface area contributed by atoms with Gasteiger partial charge in [0.15, 0.2) is 11.5 Å². The summed E-state index contributed by atoms with van der Waals surface area (Å²) in [6, 6.07) is 23.1. The van der Waals surface area contributed by atoms with E-state index in [1.807, 2.05) is 0 Å². The molecule has 0 aliphatic rings. The molecule has 4 rings (SSSR count). The Kier molecular flexibility index (Phi) is 9.95. The molecule has 0 unspecified atom stereocenters. The average Bonchev–Trinajstić information content (AvgIpc) is 3.01. The van der Waals surface area contributed by atoms with Crippen LogP contribution in [-0.4, -0.2) is 36.0 Å². The Balaban J connectivity index is 1.33. The third kappa shape index (κ3) is 8.59. The van der Waals surface area contributed by atoms with E-state index >= 15 is 0 Å². The Morgan fingerprint density at radius 3 is 2.28 bits per heavy atom. The third-order valence-corrected chi connectivity index (χ3v) is 6.03. The molecule has 4 aromatic carbocycles. The van der Waals surface area contributed by atoms with E-state index in [0.717, 1.165) is 0 Å². The van der Waals surface area contributed by atoms with E-state index in [1.165, 1.54) is 61.9 Å². The number of hydrazone groups is 1. The molecule has 4 aromatic rings. The van der Waals surface area contributed by atoms with Crippen LogP contribution in [0.2, 0.25) is 5.02 Å². The Bertz CT molecular complexity index is 1720. The van der Waals surface area contributed by atoms with Crippen LogP contribution in [0.4, 0.5) is 11.4 Å². The highest BCUT2D eigenvalue weighted by molar-refractivity contribution is 6.30. The quantitative estimate of drug-likeness (QED) is 0.0577. The molecule has 2 N–H and O–H groups in total. The molecule has 0 atom stereocenters. The number of methoxy groups -OCH3 is 1. The first-order valence-electron chi connectivity index (χ1n) is 12.5. The molecule has 216 valence electrons. The van der Waals surface area contributed by atoms with Gasteiger partial charge >= 0.3 is 5.97 Å². The summed E-state index contributed by atoms with van der Waals surface area (Å²) in [5.74, 6) is -1.14. The number of non-ortho nitro benzene ring substituents is 1. The highest BCUT2D eigenvalue weighted by Crippen LogP contribution is 2.28. The zero-order valence-electron chi connectivity index (χ0n) is 22.5. The van der Waals surface area contributed by atoms with Crippen molar-refractivity contribution in [1.29, 1.82) is 0 Å². The van der Waals surface area contributed by atoms with Crippen LogP contribution >= 0.6 is 11.6 Å². The first-order valence-corrected chi connectivity index (χ1v) is 12.9. The molecule has 0 fully saturated rings. The van der Waals surface area contributed by atoms with Gasteiger partial charge in [0, 0.05) is 40.0 Å². The molecule has 0 heterocycles. The molecule has 43 heavy (non-hydrogen) atoms. The predicted octanol–water partition coefficient (Wildman–Crippen LogP) is 5.89. The number of hydrogen-bond donors (Lipinski definition) is 2. The van der Waals surface area contributed by atoms with Crippen molar-refractivity contribution >= 4 is 53.0 Å². The Hall–Kier alpha value is -5.81. The lowest BCUT2D eigenvalue weighted by atomic mass is 10.1. The van der Waals surface area contributed by atoms with Gasteiger partial charge in [0.05, 0.1) is 18.2 Å². The van der Waals surface area contributed by atoms with Crippen LogP contribution in [0.25, 0.3) is 6.08 Å². The fourth-order valence-corrected chi connectivity index (χ4v) is 3.76. The fourth-order valence-electron chi connectivity index (χ4n) is 3.64. The number of nitro groups is 1. The van der Waals surface area contributed by atoms with Gasteiger partial charge in [-0.2, -0.15) is 5.10 Å². The number of carbonyl (C=O) groups excluding carboxylic acids is 3. The Labute approximate surface area is 250 Å². The van der Waals surface area contributed by atoms with Gasteiger partial charge in [-0.05, 0) is 90.0 Å². The molecule has 0 bridgehead atoms. The number of nitrogens with zero attached hydrogens (tertiary/aromatic N) is 2. The maximum atomic E-state index is 12.6. The van der Waals surface area contributed by atoms with Crippen molar-refractivity contribution in [2.45, 2.75) is 0 Å². The first kappa shape index (κ1) is 30.2. The van der Waals surface area contributed by atoms with Crippen molar-refractivity contribution < 1.29 is 28.8 Å². The number of hydrogen-bond acceptors (Lipinski definition) is 8. The van der Waals surface area contributed by atoms with Crippen LogP contribution in [0.3, 0.4) is 0 Å². The number of carbonyl (C=O) groups is 3. The Morgan fingerprint density at radius 2 is 1.58 bits per heavy atom. The molecule has 0 aliphatic carbocycles. The SMILES string of the molecule is COc1cc(C=NNC(=O)c2cccc(NC(=O)c3ccc(Cl)cc3)c2)ccc1OC(=O)/C=C/c1ccc([N+](=O)[O-])cc1. The number of nitrogens with one attached hydrogen (secondary N) is 2. The lowest BCUT2D eigenvalue weighted by Gasteiger charge is -2.09. The number of ether oxygens (including phenoxy) is 2. The normalized spacial score (nSPS) is 10.8. The number of benzene rings is 4. The van der Waals surface area contributed by atoms with Crippen molar-refractivity contribution in [2.75, 3.05) is 12.4 Å². The maximum Gasteiger partial charge on any atom is 0.336 e. The minimum absolute atomic E-state index is 0.0574. The van der Waals surface area contributed by atoms with E-state index in [2.05, 4.69) is 15.8 Å². The van der Waals surface area contributed by atoms with Crippen LogP contribution < -0.4 is 20.2 Å². The van der Waals surface area contributed by atoms with E-state index in [4.69, 9.17) is 21.1 Å². The monoisotopic (exact) mass is 598 g/mol. The van der Waals surface area contributed by atoms with Gasteiger partial charge in [-0.25, -0.2) is 10.2 Å². The van der Waals surface area contributed by atoms with E-state index < -0.39 is 16.8 Å². The van der Waals surface area contributed by atoms with Crippen molar-refractivity contribution in [1.82, 2.24) is 5.43 Å². The molecule has 12 heteroatoms. The largest absolute Gasteiger partial charge is 0.493 e. The molecule has 0 saturated carbocycles. The topological polar surface area (TPSA) is 149 Å². The summed E-state index contributed by atoms with van der Waals surface area (Å²) in [7, 11) is 1.40. The second-order valence-electron chi connectivity index (χ2n) is 8.75. The van der Waals surface area contributed by atoms with E-state index in [-0.39, 0.29) is 28.7 Å². The van der Waals surface area contributed by atoms with Crippen LogP contribution in [0.5, 0.6) is 11.5 Å². The summed E-state index contributed by atoms with van der Waals surface area (Å²) < 4.78 is 10.6. The van der Waals surface area contributed by atoms with Gasteiger partial charge in [0.2, 0.25) is 0 Å². The van der Waals surface area contributed by atoms with Gasteiger partial charge in [-0.3, -0.25) is 19.7 Å². The molecule has 0 spiro atoms.